The second-order valence-corrected chi connectivity index (χ2v) is 5.31. The maximum atomic E-state index is 12.3. The fraction of sp³-hybridized carbons (Fsp3) is 0.588. The maximum Gasteiger partial charge on any atom is 0.338 e. The molecule has 0 aliphatic heterocycles. The number of ether oxygens (including phenoxy) is 3. The quantitative estimate of drug-likeness (QED) is 0.458. The Bertz CT molecular complexity index is 491. The lowest BCUT2D eigenvalue weighted by Gasteiger charge is -2.18. The van der Waals surface area contributed by atoms with Gasteiger partial charge in [-0.3, -0.25) is 0 Å². The average Bonchev–Trinajstić information content (AvgIpc) is 2.47. The summed E-state index contributed by atoms with van der Waals surface area (Å²) in [4.78, 5) is 12.3. The Kier molecular flexibility index (Phi) is 6.37. The van der Waals surface area contributed by atoms with Gasteiger partial charge in [-0.1, -0.05) is 0 Å². The molecule has 0 bridgehead atoms. The fourth-order valence-electron chi connectivity index (χ4n) is 2.29. The van der Waals surface area contributed by atoms with E-state index in [1.807, 2.05) is 27.7 Å². The molecule has 1 unspecified atom stereocenters. The van der Waals surface area contributed by atoms with Gasteiger partial charge in [-0.15, -0.1) is 0 Å². The zero-order valence-corrected chi connectivity index (χ0v) is 14.1. The fourth-order valence-corrected chi connectivity index (χ4v) is 2.29. The van der Waals surface area contributed by atoms with Crippen LogP contribution >= 0.6 is 0 Å². The van der Waals surface area contributed by atoms with Gasteiger partial charge in [0.15, 0.2) is 6.29 Å². The number of hydrogen-bond acceptors (Lipinski definition) is 4. The van der Waals surface area contributed by atoms with Crippen LogP contribution in [0.1, 0.15) is 45.1 Å². The maximum absolute atomic E-state index is 12.3. The van der Waals surface area contributed by atoms with Gasteiger partial charge < -0.3 is 14.2 Å². The molecule has 0 heterocycles. The minimum absolute atomic E-state index is 0.220. The van der Waals surface area contributed by atoms with E-state index in [-0.39, 0.29) is 18.9 Å². The van der Waals surface area contributed by atoms with Crippen molar-refractivity contribution in [1.82, 2.24) is 0 Å². The largest absolute Gasteiger partial charge is 0.460 e. The summed E-state index contributed by atoms with van der Waals surface area (Å²) in [6, 6.07) is 0. The number of carbonyl (C=O) groups is 1. The highest BCUT2D eigenvalue weighted by Gasteiger charge is 2.19. The summed E-state index contributed by atoms with van der Waals surface area (Å²) < 4.78 is 15.6. The van der Waals surface area contributed by atoms with E-state index < -0.39 is 0 Å². The monoisotopic (exact) mass is 294 g/mol. The highest BCUT2D eigenvalue weighted by molar-refractivity contribution is 5.93. The Morgan fingerprint density at radius 3 is 1.86 bits per heavy atom. The van der Waals surface area contributed by atoms with Crippen molar-refractivity contribution in [3.63, 3.8) is 0 Å². The average molecular weight is 294 g/mol. The van der Waals surface area contributed by atoms with Crippen LogP contribution in [0.2, 0.25) is 0 Å². The van der Waals surface area contributed by atoms with Gasteiger partial charge in [0.05, 0.1) is 12.2 Å². The first-order valence-corrected chi connectivity index (χ1v) is 7.19. The van der Waals surface area contributed by atoms with Crippen molar-refractivity contribution in [2.75, 3.05) is 20.3 Å². The first kappa shape index (κ1) is 17.7. The minimum Gasteiger partial charge on any atom is -0.460 e. The van der Waals surface area contributed by atoms with E-state index >= 15 is 0 Å². The molecule has 0 saturated heterocycles. The van der Waals surface area contributed by atoms with Crippen molar-refractivity contribution < 1.29 is 19.0 Å². The molecule has 0 aliphatic carbocycles. The van der Waals surface area contributed by atoms with Crippen LogP contribution in [0.25, 0.3) is 0 Å². The van der Waals surface area contributed by atoms with Crippen LogP contribution in [0.5, 0.6) is 0 Å². The first-order chi connectivity index (χ1) is 9.81. The molecule has 0 aliphatic rings. The van der Waals surface area contributed by atoms with Crippen LogP contribution < -0.4 is 0 Å². The Hall–Kier alpha value is -1.39. The number of carbonyl (C=O) groups excluding carboxylic acids is 1. The minimum atomic E-state index is -0.295. The summed E-state index contributed by atoms with van der Waals surface area (Å²) in [6.45, 7) is 12.4. The third-order valence-electron chi connectivity index (χ3n) is 4.21. The van der Waals surface area contributed by atoms with Crippen molar-refractivity contribution in [3.05, 3.63) is 33.4 Å². The predicted molar refractivity (Wildman–Crippen MR) is 82.8 cm³/mol. The number of rotatable bonds is 6. The number of hydrogen-bond donors (Lipinski definition) is 0. The molecule has 118 valence electrons. The molecule has 1 aromatic rings. The molecule has 0 N–H and O–H groups in total. The van der Waals surface area contributed by atoms with E-state index in [0.717, 1.165) is 22.3 Å². The second-order valence-electron chi connectivity index (χ2n) is 5.31. The van der Waals surface area contributed by atoms with E-state index in [1.165, 1.54) is 5.56 Å². The zero-order chi connectivity index (χ0) is 16.2. The zero-order valence-electron chi connectivity index (χ0n) is 14.1. The summed E-state index contributed by atoms with van der Waals surface area (Å²) in [5.74, 6) is -0.287. The molecule has 1 aromatic carbocycles. The van der Waals surface area contributed by atoms with E-state index in [2.05, 4.69) is 6.92 Å². The molecule has 0 amide bonds. The molecule has 1 rings (SSSR count). The van der Waals surface area contributed by atoms with Crippen LogP contribution in [0.15, 0.2) is 0 Å². The Balaban J connectivity index is 2.80. The standard InChI is InChI=1S/C17H26O4/c1-10-11(2)13(4)16(14(5)12(10)3)17(18)21-9-8-20-15(6)19-7/h15H,8-9H2,1-7H3. The normalized spacial score (nSPS) is 12.3. The van der Waals surface area contributed by atoms with Gasteiger partial charge in [-0.25, -0.2) is 4.79 Å². The molecule has 0 aromatic heterocycles. The van der Waals surface area contributed by atoms with Gasteiger partial charge in [-0.2, -0.15) is 0 Å². The molecule has 0 spiro atoms. The van der Waals surface area contributed by atoms with Crippen molar-refractivity contribution in [2.45, 2.75) is 47.8 Å². The highest BCUT2D eigenvalue weighted by atomic mass is 16.7. The molecule has 4 nitrogen and oxygen atoms in total. The number of methoxy groups -OCH3 is 1. The van der Waals surface area contributed by atoms with Crippen LogP contribution in [0.4, 0.5) is 0 Å². The van der Waals surface area contributed by atoms with Crippen molar-refractivity contribution in [3.8, 4) is 0 Å². The van der Waals surface area contributed by atoms with Gasteiger partial charge in [0, 0.05) is 7.11 Å². The topological polar surface area (TPSA) is 44.8 Å². The number of esters is 1. The summed E-state index contributed by atoms with van der Waals surface area (Å²) in [7, 11) is 1.57. The predicted octanol–water partition coefficient (Wildman–Crippen LogP) is 3.39. The molecule has 21 heavy (non-hydrogen) atoms. The van der Waals surface area contributed by atoms with Gasteiger partial charge in [0.2, 0.25) is 0 Å². The van der Waals surface area contributed by atoms with E-state index in [4.69, 9.17) is 14.2 Å². The van der Waals surface area contributed by atoms with Crippen molar-refractivity contribution in [1.29, 1.82) is 0 Å². The van der Waals surface area contributed by atoms with Crippen LogP contribution in [0, 0.1) is 34.6 Å². The molecular weight excluding hydrogens is 268 g/mol. The highest BCUT2D eigenvalue weighted by Crippen LogP contribution is 2.26. The van der Waals surface area contributed by atoms with E-state index in [0.29, 0.717) is 12.2 Å². The summed E-state index contributed by atoms with van der Waals surface area (Å²) in [6.07, 6.45) is -0.295. The smallest absolute Gasteiger partial charge is 0.338 e. The molecule has 1 atom stereocenters. The molecule has 0 fully saturated rings. The lowest BCUT2D eigenvalue weighted by Crippen LogP contribution is -2.18. The SMILES string of the molecule is COC(C)OCCOC(=O)c1c(C)c(C)c(C)c(C)c1C. The molecule has 4 heteroatoms. The molecule has 0 radical (unpaired) electrons. The van der Waals surface area contributed by atoms with Gasteiger partial charge >= 0.3 is 5.97 Å². The van der Waals surface area contributed by atoms with Gasteiger partial charge in [0.25, 0.3) is 0 Å². The molecular formula is C17H26O4. The van der Waals surface area contributed by atoms with Gasteiger partial charge in [0.1, 0.15) is 6.61 Å². The number of benzene rings is 1. The third-order valence-corrected chi connectivity index (χ3v) is 4.21. The molecule has 0 saturated carbocycles. The van der Waals surface area contributed by atoms with Crippen molar-refractivity contribution in [2.24, 2.45) is 0 Å². The lowest BCUT2D eigenvalue weighted by molar-refractivity contribution is -0.118. The lowest BCUT2D eigenvalue weighted by atomic mass is 9.90. The Morgan fingerprint density at radius 2 is 1.38 bits per heavy atom. The van der Waals surface area contributed by atoms with Crippen LogP contribution in [-0.4, -0.2) is 32.6 Å². The summed E-state index contributed by atoms with van der Waals surface area (Å²) in [5.41, 5.74) is 6.19. The Labute approximate surface area is 127 Å². The summed E-state index contributed by atoms with van der Waals surface area (Å²) in [5, 5.41) is 0. The van der Waals surface area contributed by atoms with E-state index in [1.54, 1.807) is 14.0 Å². The van der Waals surface area contributed by atoms with Crippen LogP contribution in [-0.2, 0) is 14.2 Å². The first-order valence-electron chi connectivity index (χ1n) is 7.19. The van der Waals surface area contributed by atoms with E-state index in [9.17, 15) is 4.79 Å². The third kappa shape index (κ3) is 4.05. The Morgan fingerprint density at radius 1 is 0.905 bits per heavy atom. The van der Waals surface area contributed by atoms with Crippen molar-refractivity contribution >= 4 is 5.97 Å². The van der Waals surface area contributed by atoms with Crippen LogP contribution in [0.3, 0.4) is 0 Å². The second kappa shape index (κ2) is 7.57. The summed E-state index contributed by atoms with van der Waals surface area (Å²) >= 11 is 0. The van der Waals surface area contributed by atoms with Gasteiger partial charge in [-0.05, 0) is 69.4 Å².